The number of nitrogens with one attached hydrogen (secondary N) is 1. The largest absolute Gasteiger partial charge is 0.385 e. The van der Waals surface area contributed by atoms with Crippen LogP contribution in [0.2, 0.25) is 5.02 Å². The molecule has 1 rings (SSSR count). The lowest BCUT2D eigenvalue weighted by molar-refractivity contribution is 0.183. The molecule has 0 saturated heterocycles. The molecule has 0 bridgehead atoms. The molecular formula is C13H19BrClNO. The second-order valence-corrected chi connectivity index (χ2v) is 5.30. The van der Waals surface area contributed by atoms with E-state index in [0.29, 0.717) is 6.04 Å². The van der Waals surface area contributed by atoms with E-state index in [1.807, 2.05) is 12.1 Å². The van der Waals surface area contributed by atoms with Crippen molar-refractivity contribution in [2.24, 2.45) is 0 Å². The Morgan fingerprint density at radius 1 is 1.47 bits per heavy atom. The third-order valence-electron chi connectivity index (χ3n) is 2.64. The highest BCUT2D eigenvalue weighted by atomic mass is 79.9. The van der Waals surface area contributed by atoms with Gasteiger partial charge in [-0.25, -0.2) is 0 Å². The standard InChI is InChI=1S/C13H19BrClNO/c1-3-16-12(6-7-17-2)8-10-4-5-11(14)9-13(10)15/h4-5,9,12,16H,3,6-8H2,1-2H3. The summed E-state index contributed by atoms with van der Waals surface area (Å²) in [5.74, 6) is 0. The maximum atomic E-state index is 6.22. The number of likely N-dealkylation sites (N-methyl/N-ethyl adjacent to an activating group) is 1. The van der Waals surface area contributed by atoms with Gasteiger partial charge in [-0.3, -0.25) is 0 Å². The van der Waals surface area contributed by atoms with Crippen LogP contribution in [0.5, 0.6) is 0 Å². The van der Waals surface area contributed by atoms with Crippen LogP contribution in [0.1, 0.15) is 18.9 Å². The van der Waals surface area contributed by atoms with E-state index in [4.69, 9.17) is 16.3 Å². The van der Waals surface area contributed by atoms with Gasteiger partial charge in [0.1, 0.15) is 0 Å². The monoisotopic (exact) mass is 319 g/mol. The highest BCUT2D eigenvalue weighted by Crippen LogP contribution is 2.22. The normalized spacial score (nSPS) is 12.7. The zero-order valence-corrected chi connectivity index (χ0v) is 12.6. The van der Waals surface area contributed by atoms with E-state index < -0.39 is 0 Å². The molecule has 1 aromatic rings. The van der Waals surface area contributed by atoms with Crippen molar-refractivity contribution in [1.29, 1.82) is 0 Å². The predicted octanol–water partition coefficient (Wildman–Crippen LogP) is 3.66. The van der Waals surface area contributed by atoms with Gasteiger partial charge in [-0.15, -0.1) is 0 Å². The van der Waals surface area contributed by atoms with Crippen molar-refractivity contribution in [3.8, 4) is 0 Å². The zero-order chi connectivity index (χ0) is 12.7. The molecule has 0 aliphatic heterocycles. The Morgan fingerprint density at radius 3 is 2.82 bits per heavy atom. The van der Waals surface area contributed by atoms with Crippen molar-refractivity contribution in [3.05, 3.63) is 33.3 Å². The quantitative estimate of drug-likeness (QED) is 0.828. The number of methoxy groups -OCH3 is 1. The minimum atomic E-state index is 0.415. The van der Waals surface area contributed by atoms with Gasteiger partial charge >= 0.3 is 0 Å². The Bertz CT molecular complexity index is 346. The molecule has 0 fully saturated rings. The van der Waals surface area contributed by atoms with Crippen LogP contribution in [0.15, 0.2) is 22.7 Å². The molecule has 17 heavy (non-hydrogen) atoms. The van der Waals surface area contributed by atoms with Crippen LogP contribution in [0, 0.1) is 0 Å². The Morgan fingerprint density at radius 2 is 2.24 bits per heavy atom. The fourth-order valence-electron chi connectivity index (χ4n) is 1.78. The van der Waals surface area contributed by atoms with Crippen molar-refractivity contribution in [2.75, 3.05) is 20.3 Å². The molecule has 0 amide bonds. The van der Waals surface area contributed by atoms with E-state index in [9.17, 15) is 0 Å². The molecule has 0 aromatic heterocycles. The van der Waals surface area contributed by atoms with Gasteiger partial charge in [-0.1, -0.05) is 40.5 Å². The SMILES string of the molecule is CCNC(CCOC)Cc1ccc(Br)cc1Cl. The van der Waals surface area contributed by atoms with Crippen LogP contribution in [0.4, 0.5) is 0 Å². The van der Waals surface area contributed by atoms with Crippen molar-refractivity contribution < 1.29 is 4.74 Å². The fraction of sp³-hybridized carbons (Fsp3) is 0.538. The van der Waals surface area contributed by atoms with Gasteiger partial charge in [0, 0.05) is 29.3 Å². The summed E-state index contributed by atoms with van der Waals surface area (Å²) in [6.07, 6.45) is 1.93. The van der Waals surface area contributed by atoms with Crippen LogP contribution in [0.3, 0.4) is 0 Å². The summed E-state index contributed by atoms with van der Waals surface area (Å²) in [5.41, 5.74) is 1.18. The predicted molar refractivity (Wildman–Crippen MR) is 76.8 cm³/mol. The molecule has 96 valence electrons. The highest BCUT2D eigenvalue weighted by Gasteiger charge is 2.10. The smallest absolute Gasteiger partial charge is 0.0477 e. The van der Waals surface area contributed by atoms with Crippen LogP contribution >= 0.6 is 27.5 Å². The molecule has 1 aromatic carbocycles. The zero-order valence-electron chi connectivity index (χ0n) is 10.3. The lowest BCUT2D eigenvalue weighted by atomic mass is 10.0. The number of rotatable bonds is 7. The highest BCUT2D eigenvalue weighted by molar-refractivity contribution is 9.10. The average Bonchev–Trinajstić information content (AvgIpc) is 2.29. The molecule has 0 spiro atoms. The van der Waals surface area contributed by atoms with Crippen molar-refractivity contribution in [1.82, 2.24) is 5.32 Å². The van der Waals surface area contributed by atoms with E-state index >= 15 is 0 Å². The van der Waals surface area contributed by atoms with Crippen LogP contribution in [-0.4, -0.2) is 26.3 Å². The number of hydrogen-bond acceptors (Lipinski definition) is 2. The van der Waals surface area contributed by atoms with Crippen molar-refractivity contribution >= 4 is 27.5 Å². The average molecular weight is 321 g/mol. The maximum Gasteiger partial charge on any atom is 0.0477 e. The first-order chi connectivity index (χ1) is 8.17. The molecule has 0 saturated carbocycles. The molecule has 1 unspecified atom stereocenters. The first kappa shape index (κ1) is 15.0. The Labute approximate surface area is 117 Å². The molecule has 4 heteroatoms. The van der Waals surface area contributed by atoms with Crippen molar-refractivity contribution in [2.45, 2.75) is 25.8 Å². The maximum absolute atomic E-state index is 6.22. The summed E-state index contributed by atoms with van der Waals surface area (Å²) in [6.45, 7) is 3.84. The molecule has 0 radical (unpaired) electrons. The first-order valence-electron chi connectivity index (χ1n) is 5.83. The van der Waals surface area contributed by atoms with E-state index in [1.165, 1.54) is 5.56 Å². The topological polar surface area (TPSA) is 21.3 Å². The summed E-state index contributed by atoms with van der Waals surface area (Å²) < 4.78 is 6.14. The van der Waals surface area contributed by atoms with Gasteiger partial charge in [0.2, 0.25) is 0 Å². The van der Waals surface area contributed by atoms with E-state index in [-0.39, 0.29) is 0 Å². The summed E-state index contributed by atoms with van der Waals surface area (Å²) in [7, 11) is 1.73. The van der Waals surface area contributed by atoms with Crippen LogP contribution in [0.25, 0.3) is 0 Å². The summed E-state index contributed by atoms with van der Waals surface area (Å²) >= 11 is 9.63. The number of benzene rings is 1. The van der Waals surface area contributed by atoms with Gasteiger partial charge in [-0.2, -0.15) is 0 Å². The van der Waals surface area contributed by atoms with Gasteiger partial charge < -0.3 is 10.1 Å². The molecule has 0 aliphatic carbocycles. The molecule has 0 heterocycles. The van der Waals surface area contributed by atoms with Gasteiger partial charge in [0.15, 0.2) is 0 Å². The number of halogens is 2. The number of ether oxygens (including phenoxy) is 1. The third kappa shape index (κ3) is 5.38. The van der Waals surface area contributed by atoms with Crippen LogP contribution < -0.4 is 5.32 Å². The summed E-state index contributed by atoms with van der Waals surface area (Å²) in [5, 5.41) is 4.28. The lowest BCUT2D eigenvalue weighted by Gasteiger charge is -2.18. The number of hydrogen-bond donors (Lipinski definition) is 1. The summed E-state index contributed by atoms with van der Waals surface area (Å²) in [6, 6.07) is 6.46. The van der Waals surface area contributed by atoms with E-state index in [2.05, 4.69) is 34.2 Å². The Hall–Kier alpha value is -0.0900. The van der Waals surface area contributed by atoms with Gasteiger partial charge in [0.25, 0.3) is 0 Å². The van der Waals surface area contributed by atoms with Crippen molar-refractivity contribution in [3.63, 3.8) is 0 Å². The fourth-order valence-corrected chi connectivity index (χ4v) is 2.53. The second-order valence-electron chi connectivity index (χ2n) is 3.98. The van der Waals surface area contributed by atoms with E-state index in [1.54, 1.807) is 7.11 Å². The summed E-state index contributed by atoms with van der Waals surface area (Å²) in [4.78, 5) is 0. The van der Waals surface area contributed by atoms with Gasteiger partial charge in [-0.05, 0) is 37.1 Å². The Balaban J connectivity index is 2.64. The van der Waals surface area contributed by atoms with Crippen LogP contribution in [-0.2, 0) is 11.2 Å². The lowest BCUT2D eigenvalue weighted by Crippen LogP contribution is -2.32. The minimum Gasteiger partial charge on any atom is -0.385 e. The minimum absolute atomic E-state index is 0.415. The van der Waals surface area contributed by atoms with E-state index in [0.717, 1.165) is 35.5 Å². The molecule has 1 N–H and O–H groups in total. The third-order valence-corrected chi connectivity index (χ3v) is 3.49. The Kier molecular flexibility index (Phi) is 7.12. The first-order valence-corrected chi connectivity index (χ1v) is 7.00. The second kappa shape index (κ2) is 8.09. The molecular weight excluding hydrogens is 302 g/mol. The molecule has 0 aliphatic rings. The molecule has 1 atom stereocenters. The molecule has 2 nitrogen and oxygen atoms in total. The van der Waals surface area contributed by atoms with Gasteiger partial charge in [0.05, 0.1) is 0 Å².